The molecule has 5 rings (SSSR count). The van der Waals surface area contributed by atoms with Crippen LogP contribution in [0.5, 0.6) is 0 Å². The molecule has 0 radical (unpaired) electrons. The van der Waals surface area contributed by atoms with Crippen molar-refractivity contribution in [1.82, 2.24) is 18.7 Å². The van der Waals surface area contributed by atoms with Gasteiger partial charge in [-0.25, -0.2) is 18.4 Å². The highest BCUT2D eigenvalue weighted by Crippen LogP contribution is 2.26. The van der Waals surface area contributed by atoms with Crippen LogP contribution in [-0.2, 0) is 10.0 Å². The highest BCUT2D eigenvalue weighted by atomic mass is 32.2. The highest BCUT2D eigenvalue weighted by Gasteiger charge is 2.29. The maximum Gasteiger partial charge on any atom is 0.267 e. The van der Waals surface area contributed by atoms with E-state index in [-0.39, 0.29) is 16.6 Å². The van der Waals surface area contributed by atoms with Crippen LogP contribution in [0.1, 0.15) is 28.9 Å². The van der Waals surface area contributed by atoms with Gasteiger partial charge in [0.2, 0.25) is 10.0 Å². The number of aromatic nitrogens is 3. The Morgan fingerprint density at radius 3 is 2.34 bits per heavy atom. The molecule has 0 spiro atoms. The van der Waals surface area contributed by atoms with Crippen molar-refractivity contribution in [2.75, 3.05) is 18.4 Å². The molecule has 1 aromatic carbocycles. The molecular formula is C25H26N6O3S. The summed E-state index contributed by atoms with van der Waals surface area (Å²) in [6.45, 7) is 2.88. The van der Waals surface area contributed by atoms with Crippen LogP contribution in [0.4, 0.5) is 5.82 Å². The molecule has 1 aliphatic rings. The number of carbonyl (C=O) groups excluding carboxylic acids is 1. The number of imidazole rings is 1. The highest BCUT2D eigenvalue weighted by molar-refractivity contribution is 7.89. The van der Waals surface area contributed by atoms with E-state index in [1.165, 1.54) is 6.20 Å². The Morgan fingerprint density at radius 2 is 1.69 bits per heavy atom. The van der Waals surface area contributed by atoms with E-state index in [1.54, 1.807) is 45.2 Å². The molecule has 4 aromatic rings. The Balaban J connectivity index is 1.28. The molecule has 180 valence electrons. The van der Waals surface area contributed by atoms with Gasteiger partial charge in [0.15, 0.2) is 0 Å². The zero-order valence-electron chi connectivity index (χ0n) is 19.3. The number of aryl methyl sites for hydroxylation is 1. The summed E-state index contributed by atoms with van der Waals surface area (Å²) in [6, 6.07) is 14.6. The number of benzene rings is 1. The number of nitrogens with two attached hydrogens (primary N) is 1. The summed E-state index contributed by atoms with van der Waals surface area (Å²) < 4.78 is 29.6. The third kappa shape index (κ3) is 4.62. The van der Waals surface area contributed by atoms with Gasteiger partial charge in [-0.05, 0) is 66.8 Å². The van der Waals surface area contributed by atoms with E-state index in [0.717, 1.165) is 22.5 Å². The van der Waals surface area contributed by atoms with Crippen LogP contribution >= 0.6 is 0 Å². The first kappa shape index (κ1) is 23.0. The second-order valence-electron chi connectivity index (χ2n) is 8.72. The Bertz CT molecular complexity index is 1470. The molecule has 1 saturated heterocycles. The van der Waals surface area contributed by atoms with Crippen LogP contribution in [0, 0.1) is 6.92 Å². The number of rotatable bonds is 6. The van der Waals surface area contributed by atoms with E-state index in [1.807, 2.05) is 31.3 Å². The molecule has 0 bridgehead atoms. The topological polar surface area (TPSA) is 123 Å². The van der Waals surface area contributed by atoms with Crippen molar-refractivity contribution in [1.29, 1.82) is 0 Å². The standard InChI is InChI=1S/C25H26N6O3S/c1-17-2-8-23(27-14-17)29-20-10-12-30(13-11-20)35(33,34)21-6-3-18(4-7-21)19-5-9-24-28-15-22(25(26)32)31(24)16-19/h2-9,14-16,20H,10-13H2,1H3,(H2,26,32)(H,27,29). The summed E-state index contributed by atoms with van der Waals surface area (Å²) in [6.07, 6.45) is 6.44. The van der Waals surface area contributed by atoms with E-state index in [2.05, 4.69) is 15.3 Å². The van der Waals surface area contributed by atoms with Gasteiger partial charge in [0.1, 0.15) is 17.2 Å². The number of primary amides is 1. The van der Waals surface area contributed by atoms with Crippen molar-refractivity contribution in [3.63, 3.8) is 0 Å². The molecule has 1 amide bonds. The molecule has 0 unspecified atom stereocenters. The normalized spacial score (nSPS) is 15.3. The Morgan fingerprint density at radius 1 is 0.971 bits per heavy atom. The van der Waals surface area contributed by atoms with Crippen molar-refractivity contribution in [3.8, 4) is 11.1 Å². The first-order chi connectivity index (χ1) is 16.8. The zero-order chi connectivity index (χ0) is 24.6. The van der Waals surface area contributed by atoms with Gasteiger partial charge in [-0.1, -0.05) is 18.2 Å². The number of amides is 1. The molecule has 35 heavy (non-hydrogen) atoms. The van der Waals surface area contributed by atoms with E-state index in [4.69, 9.17) is 5.73 Å². The van der Waals surface area contributed by atoms with Gasteiger partial charge in [0, 0.05) is 31.5 Å². The summed E-state index contributed by atoms with van der Waals surface area (Å²) in [5.41, 5.74) is 9.06. The third-order valence-corrected chi connectivity index (χ3v) is 8.21. The zero-order valence-corrected chi connectivity index (χ0v) is 20.1. The minimum atomic E-state index is -3.59. The maximum atomic E-state index is 13.2. The third-order valence-electron chi connectivity index (χ3n) is 6.30. The monoisotopic (exact) mass is 490 g/mol. The number of fused-ring (bicyclic) bond motifs is 1. The van der Waals surface area contributed by atoms with Gasteiger partial charge >= 0.3 is 0 Å². The predicted molar refractivity (Wildman–Crippen MR) is 134 cm³/mol. The van der Waals surface area contributed by atoms with Crippen LogP contribution in [0.3, 0.4) is 0 Å². The molecule has 1 aliphatic heterocycles. The molecule has 10 heteroatoms. The largest absolute Gasteiger partial charge is 0.367 e. The average Bonchev–Trinajstić information content (AvgIpc) is 3.30. The van der Waals surface area contributed by atoms with Crippen LogP contribution in [0.2, 0.25) is 0 Å². The number of nitrogens with one attached hydrogen (secondary N) is 1. The van der Waals surface area contributed by atoms with Gasteiger partial charge < -0.3 is 11.1 Å². The molecule has 9 nitrogen and oxygen atoms in total. The Hall–Kier alpha value is -3.76. The molecule has 0 atom stereocenters. The molecule has 3 aromatic heterocycles. The lowest BCUT2D eigenvalue weighted by Gasteiger charge is -2.32. The van der Waals surface area contributed by atoms with E-state index in [9.17, 15) is 13.2 Å². The molecule has 0 aliphatic carbocycles. The lowest BCUT2D eigenvalue weighted by atomic mass is 10.1. The van der Waals surface area contributed by atoms with Crippen molar-refractivity contribution in [2.24, 2.45) is 5.73 Å². The number of sulfonamides is 1. The molecule has 0 saturated carbocycles. The second kappa shape index (κ2) is 9.12. The summed E-state index contributed by atoms with van der Waals surface area (Å²) >= 11 is 0. The minimum Gasteiger partial charge on any atom is -0.367 e. The molecule has 4 heterocycles. The summed E-state index contributed by atoms with van der Waals surface area (Å²) in [4.78, 5) is 20.4. The fourth-order valence-corrected chi connectivity index (χ4v) is 5.77. The van der Waals surface area contributed by atoms with Gasteiger partial charge in [0.05, 0.1) is 11.1 Å². The summed E-state index contributed by atoms with van der Waals surface area (Å²) in [5, 5.41) is 3.40. The number of carbonyl (C=O) groups is 1. The van der Waals surface area contributed by atoms with Crippen molar-refractivity contribution in [3.05, 3.63) is 78.4 Å². The fraction of sp³-hybridized carbons (Fsp3) is 0.240. The van der Waals surface area contributed by atoms with E-state index < -0.39 is 15.9 Å². The van der Waals surface area contributed by atoms with Crippen molar-refractivity contribution < 1.29 is 13.2 Å². The van der Waals surface area contributed by atoms with Gasteiger partial charge in [-0.3, -0.25) is 9.20 Å². The average molecular weight is 491 g/mol. The van der Waals surface area contributed by atoms with E-state index >= 15 is 0 Å². The van der Waals surface area contributed by atoms with Crippen molar-refractivity contribution in [2.45, 2.75) is 30.7 Å². The smallest absolute Gasteiger partial charge is 0.267 e. The summed E-state index contributed by atoms with van der Waals surface area (Å²) in [7, 11) is -3.59. The Kier molecular flexibility index (Phi) is 6.00. The van der Waals surface area contributed by atoms with Gasteiger partial charge in [0.25, 0.3) is 5.91 Å². The molecule has 1 fully saturated rings. The second-order valence-corrected chi connectivity index (χ2v) is 10.7. The van der Waals surface area contributed by atoms with Crippen LogP contribution in [0.25, 0.3) is 16.8 Å². The lowest BCUT2D eigenvalue weighted by Crippen LogP contribution is -2.42. The summed E-state index contributed by atoms with van der Waals surface area (Å²) in [5.74, 6) is 0.245. The SMILES string of the molecule is Cc1ccc(NC2CCN(S(=O)(=O)c3ccc(-c4ccc5ncc(C(N)=O)n5c4)cc3)CC2)nc1. The number of piperidine rings is 1. The number of pyridine rings is 2. The van der Waals surface area contributed by atoms with Gasteiger partial charge in [-0.2, -0.15) is 4.31 Å². The maximum absolute atomic E-state index is 13.2. The molecular weight excluding hydrogens is 464 g/mol. The first-order valence-electron chi connectivity index (χ1n) is 11.4. The Labute approximate surface area is 203 Å². The van der Waals surface area contributed by atoms with Crippen LogP contribution < -0.4 is 11.1 Å². The lowest BCUT2D eigenvalue weighted by molar-refractivity contribution is 0.0994. The number of hydrogen-bond donors (Lipinski definition) is 2. The van der Waals surface area contributed by atoms with Crippen LogP contribution in [-0.4, -0.2) is 52.1 Å². The van der Waals surface area contributed by atoms with E-state index in [0.29, 0.717) is 31.6 Å². The number of hydrogen-bond acceptors (Lipinski definition) is 6. The molecule has 3 N–H and O–H groups in total. The van der Waals surface area contributed by atoms with Crippen molar-refractivity contribution >= 4 is 27.4 Å². The van der Waals surface area contributed by atoms with Gasteiger partial charge in [-0.15, -0.1) is 0 Å². The van der Waals surface area contributed by atoms with Crippen LogP contribution in [0.15, 0.2) is 72.0 Å². The quantitative estimate of drug-likeness (QED) is 0.428. The fourth-order valence-electron chi connectivity index (χ4n) is 4.30. The predicted octanol–water partition coefficient (Wildman–Crippen LogP) is 3.07. The number of nitrogens with zero attached hydrogens (tertiary/aromatic N) is 4. The number of anilines is 1. The first-order valence-corrected chi connectivity index (χ1v) is 12.8. The minimum absolute atomic E-state index is 0.183.